The van der Waals surface area contributed by atoms with E-state index in [1.54, 1.807) is 48.5 Å². The minimum absolute atomic E-state index is 0.144. The van der Waals surface area contributed by atoms with E-state index in [0.717, 1.165) is 7.14 Å². The fraction of sp³-hybridized carbons (Fsp3) is 0.111. The Kier molecular flexibility index (Phi) is 7.69. The average Bonchev–Trinajstić information content (AvgIpc) is 2.61. The van der Waals surface area contributed by atoms with Gasteiger partial charge in [0.1, 0.15) is 0 Å². The molecule has 8 heteroatoms. The van der Waals surface area contributed by atoms with Crippen molar-refractivity contribution in [1.29, 1.82) is 5.41 Å². The molecule has 0 fully saturated rings. The number of nitrogens with one attached hydrogen (secondary N) is 1. The predicted molar refractivity (Wildman–Crippen MR) is 111 cm³/mol. The summed E-state index contributed by atoms with van der Waals surface area (Å²) >= 11 is 4.20. The SMILES string of the molecule is N=C(CCC(=O)OC(=O)c1ccc(I)cc1)OC(=O)c1ccc(I)cc1. The quantitative estimate of drug-likeness (QED) is 0.189. The van der Waals surface area contributed by atoms with Crippen LogP contribution in [0.25, 0.3) is 0 Å². The summed E-state index contributed by atoms with van der Waals surface area (Å²) in [7, 11) is 0. The largest absolute Gasteiger partial charge is 0.409 e. The van der Waals surface area contributed by atoms with E-state index in [-0.39, 0.29) is 24.3 Å². The monoisotopic (exact) mass is 577 g/mol. The zero-order valence-corrected chi connectivity index (χ0v) is 17.6. The van der Waals surface area contributed by atoms with Gasteiger partial charge < -0.3 is 9.47 Å². The Hall–Kier alpha value is -1.82. The van der Waals surface area contributed by atoms with Gasteiger partial charge in [-0.2, -0.15) is 0 Å². The molecule has 0 radical (unpaired) electrons. The van der Waals surface area contributed by atoms with Gasteiger partial charge in [-0.25, -0.2) is 9.59 Å². The molecule has 134 valence electrons. The maximum atomic E-state index is 11.9. The molecule has 0 aliphatic heterocycles. The van der Waals surface area contributed by atoms with Crippen molar-refractivity contribution >= 4 is 69.0 Å². The Balaban J connectivity index is 1.78. The molecule has 0 aromatic heterocycles. The third-order valence-corrected chi connectivity index (χ3v) is 4.58. The van der Waals surface area contributed by atoms with E-state index >= 15 is 0 Å². The van der Waals surface area contributed by atoms with Crippen LogP contribution in [0.2, 0.25) is 0 Å². The van der Waals surface area contributed by atoms with Crippen molar-refractivity contribution in [2.75, 3.05) is 0 Å². The molecule has 6 nitrogen and oxygen atoms in total. The van der Waals surface area contributed by atoms with Gasteiger partial charge >= 0.3 is 17.9 Å². The van der Waals surface area contributed by atoms with E-state index in [0.29, 0.717) is 5.56 Å². The minimum Gasteiger partial charge on any atom is -0.409 e. The van der Waals surface area contributed by atoms with Gasteiger partial charge in [0, 0.05) is 13.6 Å². The predicted octanol–water partition coefficient (Wildman–Crippen LogP) is 4.19. The summed E-state index contributed by atoms with van der Waals surface area (Å²) in [5, 5.41) is 7.64. The Labute approximate surface area is 177 Å². The van der Waals surface area contributed by atoms with Crippen LogP contribution in [0.15, 0.2) is 48.5 Å². The van der Waals surface area contributed by atoms with E-state index in [1.807, 2.05) is 0 Å². The lowest BCUT2D eigenvalue weighted by molar-refractivity contribution is -0.137. The first-order valence-corrected chi connectivity index (χ1v) is 9.56. The lowest BCUT2D eigenvalue weighted by Crippen LogP contribution is -2.16. The zero-order valence-electron chi connectivity index (χ0n) is 13.3. The molecule has 0 bridgehead atoms. The van der Waals surface area contributed by atoms with Gasteiger partial charge in [0.2, 0.25) is 0 Å². The second-order valence-electron chi connectivity index (χ2n) is 5.09. The van der Waals surface area contributed by atoms with E-state index < -0.39 is 17.9 Å². The van der Waals surface area contributed by atoms with E-state index in [1.165, 1.54) is 0 Å². The van der Waals surface area contributed by atoms with Crippen molar-refractivity contribution in [3.05, 3.63) is 66.8 Å². The first kappa shape index (κ1) is 20.5. The molecule has 26 heavy (non-hydrogen) atoms. The fourth-order valence-electron chi connectivity index (χ4n) is 1.82. The molecule has 2 rings (SSSR count). The van der Waals surface area contributed by atoms with Crippen LogP contribution in [-0.4, -0.2) is 23.8 Å². The third kappa shape index (κ3) is 6.48. The van der Waals surface area contributed by atoms with E-state index in [9.17, 15) is 14.4 Å². The Morgan fingerprint density at radius 3 is 1.62 bits per heavy atom. The van der Waals surface area contributed by atoms with Crippen LogP contribution in [0.5, 0.6) is 0 Å². The molecule has 0 saturated heterocycles. The first-order valence-electron chi connectivity index (χ1n) is 7.41. The molecule has 0 saturated carbocycles. The van der Waals surface area contributed by atoms with Crippen LogP contribution in [0.3, 0.4) is 0 Å². The summed E-state index contributed by atoms with van der Waals surface area (Å²) in [5.74, 6) is -2.58. The number of benzene rings is 2. The van der Waals surface area contributed by atoms with Gasteiger partial charge in [0.15, 0.2) is 5.90 Å². The molecular formula is C18H13I2NO5. The summed E-state index contributed by atoms with van der Waals surface area (Å²) in [5.41, 5.74) is 0.575. The van der Waals surface area contributed by atoms with Crippen LogP contribution in [-0.2, 0) is 14.3 Å². The minimum atomic E-state index is -0.788. The molecule has 0 aliphatic carbocycles. The topological polar surface area (TPSA) is 93.5 Å². The summed E-state index contributed by atoms with van der Waals surface area (Å²) in [6.45, 7) is 0. The first-order chi connectivity index (χ1) is 12.3. The van der Waals surface area contributed by atoms with Crippen molar-refractivity contribution in [3.8, 4) is 0 Å². The average molecular weight is 577 g/mol. The van der Waals surface area contributed by atoms with Crippen LogP contribution in [0, 0.1) is 12.5 Å². The number of hydrogen-bond donors (Lipinski definition) is 1. The lowest BCUT2D eigenvalue weighted by atomic mass is 10.2. The molecule has 2 aromatic carbocycles. The fourth-order valence-corrected chi connectivity index (χ4v) is 2.54. The number of carbonyl (C=O) groups is 3. The number of ether oxygens (including phenoxy) is 2. The molecule has 0 amide bonds. The second kappa shape index (κ2) is 9.76. The zero-order chi connectivity index (χ0) is 19.1. The highest BCUT2D eigenvalue weighted by atomic mass is 127. The smallest absolute Gasteiger partial charge is 0.345 e. The van der Waals surface area contributed by atoms with Crippen molar-refractivity contribution in [1.82, 2.24) is 0 Å². The highest BCUT2D eigenvalue weighted by Crippen LogP contribution is 2.10. The van der Waals surface area contributed by atoms with E-state index in [4.69, 9.17) is 14.9 Å². The third-order valence-electron chi connectivity index (χ3n) is 3.14. The number of esters is 3. The van der Waals surface area contributed by atoms with Crippen molar-refractivity contribution in [3.63, 3.8) is 0 Å². The molecule has 0 aliphatic rings. The lowest BCUT2D eigenvalue weighted by Gasteiger charge is -2.06. The summed E-state index contributed by atoms with van der Waals surface area (Å²) in [6, 6.07) is 13.2. The molecule has 0 atom stereocenters. The van der Waals surface area contributed by atoms with Gasteiger partial charge in [0.05, 0.1) is 17.5 Å². The number of halogens is 2. The molecule has 0 spiro atoms. The van der Waals surface area contributed by atoms with Crippen molar-refractivity contribution < 1.29 is 23.9 Å². The standard InChI is InChI=1S/C18H13I2NO5/c19-13-5-1-11(2-6-13)17(23)25-15(21)9-10-16(22)26-18(24)12-3-7-14(20)8-4-12/h1-8,21H,9-10H2. The van der Waals surface area contributed by atoms with Crippen molar-refractivity contribution in [2.45, 2.75) is 12.8 Å². The highest BCUT2D eigenvalue weighted by molar-refractivity contribution is 14.1. The normalized spacial score (nSPS) is 10.1. The molecule has 2 aromatic rings. The van der Waals surface area contributed by atoms with Gasteiger partial charge in [-0.1, -0.05) is 0 Å². The van der Waals surface area contributed by atoms with Crippen LogP contribution < -0.4 is 0 Å². The Bertz CT molecular complexity index is 760. The van der Waals surface area contributed by atoms with Crippen LogP contribution in [0.4, 0.5) is 0 Å². The molecule has 1 N–H and O–H groups in total. The number of hydrogen-bond acceptors (Lipinski definition) is 6. The van der Waals surface area contributed by atoms with Crippen molar-refractivity contribution in [2.24, 2.45) is 0 Å². The Morgan fingerprint density at radius 2 is 1.15 bits per heavy atom. The second-order valence-corrected chi connectivity index (χ2v) is 7.58. The van der Waals surface area contributed by atoms with Gasteiger partial charge in [-0.05, 0) is 93.7 Å². The number of carbonyl (C=O) groups excluding carboxylic acids is 3. The van der Waals surface area contributed by atoms with Gasteiger partial charge in [-0.3, -0.25) is 10.2 Å². The molecular weight excluding hydrogens is 564 g/mol. The van der Waals surface area contributed by atoms with Gasteiger partial charge in [-0.15, -0.1) is 0 Å². The highest BCUT2D eigenvalue weighted by Gasteiger charge is 2.16. The molecule has 0 heterocycles. The van der Waals surface area contributed by atoms with E-state index in [2.05, 4.69) is 45.2 Å². The summed E-state index contributed by atoms with van der Waals surface area (Å²) < 4.78 is 11.5. The maximum Gasteiger partial charge on any atom is 0.345 e. The van der Waals surface area contributed by atoms with Crippen LogP contribution in [0.1, 0.15) is 33.6 Å². The Morgan fingerprint density at radius 1 is 0.731 bits per heavy atom. The number of rotatable bonds is 5. The summed E-state index contributed by atoms with van der Waals surface area (Å²) in [4.78, 5) is 35.4. The molecule has 0 unspecified atom stereocenters. The van der Waals surface area contributed by atoms with Crippen LogP contribution >= 0.6 is 45.2 Å². The maximum absolute atomic E-state index is 11.9. The van der Waals surface area contributed by atoms with Gasteiger partial charge in [0.25, 0.3) is 0 Å². The summed E-state index contributed by atoms with van der Waals surface area (Å²) in [6.07, 6.45) is -0.385.